The molecule has 0 saturated carbocycles. The molecule has 1 heterocycles. The summed E-state index contributed by atoms with van der Waals surface area (Å²) in [5, 5.41) is 5.51. The molecular formula is C20H22FN3O4. The molecular weight excluding hydrogens is 365 g/mol. The van der Waals surface area contributed by atoms with E-state index in [-0.39, 0.29) is 23.7 Å². The van der Waals surface area contributed by atoms with Crippen LogP contribution in [0.25, 0.3) is 0 Å². The van der Waals surface area contributed by atoms with Gasteiger partial charge < -0.3 is 25.0 Å². The second-order valence-corrected chi connectivity index (χ2v) is 6.46. The number of hydrogen-bond acceptors (Lipinski definition) is 4. The zero-order chi connectivity index (χ0) is 20.1. The van der Waals surface area contributed by atoms with E-state index in [1.807, 2.05) is 0 Å². The maximum absolute atomic E-state index is 13.1. The maximum atomic E-state index is 13.1. The van der Waals surface area contributed by atoms with E-state index in [2.05, 4.69) is 10.6 Å². The quantitative estimate of drug-likeness (QED) is 0.799. The lowest BCUT2D eigenvalue weighted by Crippen LogP contribution is -2.34. The van der Waals surface area contributed by atoms with Crippen LogP contribution in [-0.4, -0.2) is 39.2 Å². The Labute approximate surface area is 162 Å². The Bertz CT molecular complexity index is 857. The SMILES string of the molecule is COc1ccc(NC(=O)NC[C@H]2CC(=O)N(c3ccc(F)cc3)C2)cc1OC. The lowest BCUT2D eigenvalue weighted by molar-refractivity contribution is -0.117. The first-order chi connectivity index (χ1) is 13.5. The fourth-order valence-corrected chi connectivity index (χ4v) is 3.12. The second kappa shape index (κ2) is 8.60. The molecule has 28 heavy (non-hydrogen) atoms. The lowest BCUT2D eigenvalue weighted by atomic mass is 10.1. The first-order valence-corrected chi connectivity index (χ1v) is 8.83. The first kappa shape index (κ1) is 19.5. The summed E-state index contributed by atoms with van der Waals surface area (Å²) in [5.74, 6) is 0.670. The van der Waals surface area contributed by atoms with Crippen LogP contribution < -0.4 is 25.0 Å². The number of halogens is 1. The molecule has 0 unspecified atom stereocenters. The number of nitrogens with zero attached hydrogens (tertiary/aromatic N) is 1. The van der Waals surface area contributed by atoms with Gasteiger partial charge in [-0.2, -0.15) is 0 Å². The van der Waals surface area contributed by atoms with E-state index in [1.54, 1.807) is 35.2 Å². The van der Waals surface area contributed by atoms with E-state index in [1.165, 1.54) is 26.4 Å². The summed E-state index contributed by atoms with van der Waals surface area (Å²) in [6, 6.07) is 10.5. The van der Waals surface area contributed by atoms with Crippen molar-refractivity contribution in [2.45, 2.75) is 6.42 Å². The topological polar surface area (TPSA) is 79.9 Å². The van der Waals surface area contributed by atoms with Crippen LogP contribution in [0.4, 0.5) is 20.6 Å². The van der Waals surface area contributed by atoms with Crippen LogP contribution in [0.2, 0.25) is 0 Å². The van der Waals surface area contributed by atoms with E-state index in [0.29, 0.717) is 42.4 Å². The summed E-state index contributed by atoms with van der Waals surface area (Å²) in [4.78, 5) is 26.0. The molecule has 3 amide bonds. The van der Waals surface area contributed by atoms with Crippen molar-refractivity contribution in [1.29, 1.82) is 0 Å². The average Bonchev–Trinajstić information content (AvgIpc) is 3.07. The maximum Gasteiger partial charge on any atom is 0.319 e. The molecule has 2 N–H and O–H groups in total. The molecule has 0 radical (unpaired) electrons. The van der Waals surface area contributed by atoms with Gasteiger partial charge in [0, 0.05) is 42.9 Å². The molecule has 8 heteroatoms. The normalized spacial score (nSPS) is 16.0. The van der Waals surface area contributed by atoms with Crippen molar-refractivity contribution >= 4 is 23.3 Å². The van der Waals surface area contributed by atoms with E-state index in [0.717, 1.165) is 0 Å². The number of amides is 3. The van der Waals surface area contributed by atoms with Crippen molar-refractivity contribution in [1.82, 2.24) is 5.32 Å². The molecule has 0 aliphatic carbocycles. The van der Waals surface area contributed by atoms with Crippen molar-refractivity contribution in [2.24, 2.45) is 5.92 Å². The largest absolute Gasteiger partial charge is 0.493 e. The monoisotopic (exact) mass is 387 g/mol. The van der Waals surface area contributed by atoms with Crippen LogP contribution in [0, 0.1) is 11.7 Å². The average molecular weight is 387 g/mol. The number of benzene rings is 2. The number of urea groups is 1. The van der Waals surface area contributed by atoms with Crippen LogP contribution >= 0.6 is 0 Å². The smallest absolute Gasteiger partial charge is 0.319 e. The molecule has 3 rings (SSSR count). The molecule has 1 aliphatic rings. The van der Waals surface area contributed by atoms with Crippen LogP contribution in [0.1, 0.15) is 6.42 Å². The van der Waals surface area contributed by atoms with Crippen LogP contribution in [0.3, 0.4) is 0 Å². The first-order valence-electron chi connectivity index (χ1n) is 8.83. The molecule has 148 valence electrons. The minimum Gasteiger partial charge on any atom is -0.493 e. The molecule has 0 bridgehead atoms. The Morgan fingerprint density at radius 1 is 1.14 bits per heavy atom. The number of rotatable bonds is 6. The van der Waals surface area contributed by atoms with Gasteiger partial charge >= 0.3 is 6.03 Å². The van der Waals surface area contributed by atoms with E-state index in [9.17, 15) is 14.0 Å². The van der Waals surface area contributed by atoms with Crippen molar-refractivity contribution in [3.8, 4) is 11.5 Å². The number of carbonyl (C=O) groups is 2. The molecule has 0 spiro atoms. The van der Waals surface area contributed by atoms with E-state index >= 15 is 0 Å². The van der Waals surface area contributed by atoms with Crippen LogP contribution in [0.5, 0.6) is 11.5 Å². The minimum atomic E-state index is -0.375. The number of carbonyl (C=O) groups excluding carboxylic acids is 2. The predicted octanol–water partition coefficient (Wildman–Crippen LogP) is 3.02. The van der Waals surface area contributed by atoms with Gasteiger partial charge in [-0.3, -0.25) is 4.79 Å². The summed E-state index contributed by atoms with van der Waals surface area (Å²) in [5.41, 5.74) is 1.22. The number of ether oxygens (including phenoxy) is 2. The second-order valence-electron chi connectivity index (χ2n) is 6.46. The van der Waals surface area contributed by atoms with Crippen molar-refractivity contribution < 1.29 is 23.5 Å². The number of anilines is 2. The highest BCUT2D eigenvalue weighted by Gasteiger charge is 2.30. The van der Waals surface area contributed by atoms with Crippen molar-refractivity contribution in [3.05, 3.63) is 48.3 Å². The molecule has 1 saturated heterocycles. The zero-order valence-corrected chi connectivity index (χ0v) is 15.7. The third-order valence-corrected chi connectivity index (χ3v) is 4.54. The van der Waals surface area contributed by atoms with Gasteiger partial charge in [0.2, 0.25) is 5.91 Å². The van der Waals surface area contributed by atoms with Gasteiger partial charge in [0.25, 0.3) is 0 Å². The fraction of sp³-hybridized carbons (Fsp3) is 0.300. The Kier molecular flexibility index (Phi) is 5.98. The van der Waals surface area contributed by atoms with Crippen molar-refractivity contribution in [2.75, 3.05) is 37.5 Å². The Balaban J connectivity index is 1.52. The molecule has 1 fully saturated rings. The van der Waals surface area contributed by atoms with Gasteiger partial charge in [-0.1, -0.05) is 0 Å². The van der Waals surface area contributed by atoms with Crippen LogP contribution in [0.15, 0.2) is 42.5 Å². The summed E-state index contributed by atoms with van der Waals surface area (Å²) >= 11 is 0. The molecule has 0 aromatic heterocycles. The standard InChI is InChI=1S/C20H22FN3O4/c1-27-17-8-5-15(10-18(17)28-2)23-20(26)22-11-13-9-19(25)24(12-13)16-6-3-14(21)4-7-16/h3-8,10,13H,9,11-12H2,1-2H3,(H2,22,23,26)/t13-/m1/s1. The molecule has 1 aliphatic heterocycles. The van der Waals surface area contributed by atoms with Gasteiger partial charge in [0.1, 0.15) is 5.82 Å². The highest BCUT2D eigenvalue weighted by atomic mass is 19.1. The zero-order valence-electron chi connectivity index (χ0n) is 15.7. The Morgan fingerprint density at radius 3 is 2.54 bits per heavy atom. The highest BCUT2D eigenvalue weighted by Crippen LogP contribution is 2.29. The van der Waals surface area contributed by atoms with Gasteiger partial charge in [-0.25, -0.2) is 9.18 Å². The minimum absolute atomic E-state index is 0.0197. The molecule has 1 atom stereocenters. The third-order valence-electron chi connectivity index (χ3n) is 4.54. The molecule has 7 nitrogen and oxygen atoms in total. The number of methoxy groups -OCH3 is 2. The van der Waals surface area contributed by atoms with E-state index < -0.39 is 0 Å². The Morgan fingerprint density at radius 2 is 1.86 bits per heavy atom. The summed E-state index contributed by atoms with van der Waals surface area (Å²) in [7, 11) is 3.06. The summed E-state index contributed by atoms with van der Waals surface area (Å²) < 4.78 is 23.4. The lowest BCUT2D eigenvalue weighted by Gasteiger charge is -2.17. The van der Waals surface area contributed by atoms with Gasteiger partial charge in [0.15, 0.2) is 11.5 Å². The predicted molar refractivity (Wildman–Crippen MR) is 103 cm³/mol. The van der Waals surface area contributed by atoms with Gasteiger partial charge in [-0.15, -0.1) is 0 Å². The van der Waals surface area contributed by atoms with Crippen molar-refractivity contribution in [3.63, 3.8) is 0 Å². The fourth-order valence-electron chi connectivity index (χ4n) is 3.12. The molecule has 2 aromatic rings. The number of nitrogens with one attached hydrogen (secondary N) is 2. The highest BCUT2D eigenvalue weighted by molar-refractivity contribution is 5.96. The number of hydrogen-bond donors (Lipinski definition) is 2. The van der Waals surface area contributed by atoms with Gasteiger partial charge in [-0.05, 0) is 36.4 Å². The summed E-state index contributed by atoms with van der Waals surface area (Å²) in [6.07, 6.45) is 0.327. The summed E-state index contributed by atoms with van der Waals surface area (Å²) in [6.45, 7) is 0.823. The van der Waals surface area contributed by atoms with E-state index in [4.69, 9.17) is 9.47 Å². The third kappa shape index (κ3) is 4.51. The van der Waals surface area contributed by atoms with Crippen LogP contribution in [-0.2, 0) is 4.79 Å². The Hall–Kier alpha value is -3.29. The van der Waals surface area contributed by atoms with Gasteiger partial charge in [0.05, 0.1) is 14.2 Å². The molecule has 2 aromatic carbocycles.